The standard InChI is InChI=1S/C29H31F9N8/c1-6-25(44(4)15-24-16(2)39-40-17(24)3)23-8-7-20(27(30,31)32)11-19(23)14-46(26-41-43-45(5)42-26)13-18-9-21(28(33,34)35)12-22(10-18)29(36,37)38/h7-12,25H,6,13-15H2,1-5H3,(H,39,40). The third-order valence-corrected chi connectivity index (χ3v) is 7.60. The van der Waals surface area contributed by atoms with Crippen LogP contribution in [0.5, 0.6) is 0 Å². The van der Waals surface area contributed by atoms with Gasteiger partial charge in [0.1, 0.15) is 0 Å². The van der Waals surface area contributed by atoms with E-state index in [0.29, 0.717) is 30.7 Å². The normalized spacial score (nSPS) is 13.5. The van der Waals surface area contributed by atoms with Gasteiger partial charge >= 0.3 is 18.5 Å². The van der Waals surface area contributed by atoms with Gasteiger partial charge in [-0.05, 0) is 79.6 Å². The second kappa shape index (κ2) is 12.9. The minimum absolute atomic E-state index is 0.00441. The molecule has 1 N–H and O–H groups in total. The fraction of sp³-hybridized carbons (Fsp3) is 0.448. The summed E-state index contributed by atoms with van der Waals surface area (Å²) in [5, 5.41) is 18.7. The maximum absolute atomic E-state index is 13.9. The number of aromatic amines is 1. The highest BCUT2D eigenvalue weighted by Crippen LogP contribution is 2.38. The molecule has 0 bridgehead atoms. The van der Waals surface area contributed by atoms with Gasteiger partial charge in [0.25, 0.3) is 5.95 Å². The van der Waals surface area contributed by atoms with E-state index < -0.39 is 59.9 Å². The number of hydrogen-bond acceptors (Lipinski definition) is 6. The Morgan fingerprint density at radius 1 is 0.826 bits per heavy atom. The van der Waals surface area contributed by atoms with Gasteiger partial charge in [-0.25, -0.2) is 0 Å². The van der Waals surface area contributed by atoms with Gasteiger partial charge in [-0.15, -0.1) is 5.10 Å². The van der Waals surface area contributed by atoms with E-state index in [1.165, 1.54) is 18.0 Å². The summed E-state index contributed by atoms with van der Waals surface area (Å²) >= 11 is 0. The van der Waals surface area contributed by atoms with Crippen molar-refractivity contribution in [3.63, 3.8) is 0 Å². The molecule has 2 aromatic carbocycles. The summed E-state index contributed by atoms with van der Waals surface area (Å²) in [6, 6.07) is 3.89. The number of hydrogen-bond donors (Lipinski definition) is 1. The smallest absolute Gasteiger partial charge is 0.330 e. The Bertz CT molecular complexity index is 1600. The second-order valence-electron chi connectivity index (χ2n) is 11.0. The lowest BCUT2D eigenvalue weighted by Gasteiger charge is -2.31. The van der Waals surface area contributed by atoms with Crippen LogP contribution in [-0.2, 0) is 45.2 Å². The fourth-order valence-corrected chi connectivity index (χ4v) is 5.31. The van der Waals surface area contributed by atoms with Gasteiger partial charge in [-0.2, -0.15) is 49.4 Å². The molecule has 0 spiro atoms. The lowest BCUT2D eigenvalue weighted by atomic mass is 9.94. The van der Waals surface area contributed by atoms with Gasteiger partial charge < -0.3 is 4.90 Å². The number of halogens is 9. The highest BCUT2D eigenvalue weighted by molar-refractivity contribution is 5.42. The van der Waals surface area contributed by atoms with E-state index in [1.807, 2.05) is 25.7 Å². The van der Waals surface area contributed by atoms with Crippen LogP contribution in [0, 0.1) is 13.8 Å². The summed E-state index contributed by atoms with van der Waals surface area (Å²) in [7, 11) is 3.18. The molecule has 0 aliphatic carbocycles. The Morgan fingerprint density at radius 3 is 1.91 bits per heavy atom. The number of H-pyrrole nitrogens is 1. The molecule has 0 saturated carbocycles. The number of aromatic nitrogens is 6. The molecular weight excluding hydrogens is 631 g/mol. The summed E-state index contributed by atoms with van der Waals surface area (Å²) in [6.07, 6.45) is -14.5. The first-order valence-corrected chi connectivity index (χ1v) is 14.0. The molecule has 4 rings (SSSR count). The van der Waals surface area contributed by atoms with Gasteiger partial charge in [0.15, 0.2) is 0 Å². The monoisotopic (exact) mass is 662 g/mol. The summed E-state index contributed by atoms with van der Waals surface area (Å²) in [4.78, 5) is 4.14. The Morgan fingerprint density at radius 2 is 1.43 bits per heavy atom. The summed E-state index contributed by atoms with van der Waals surface area (Å²) in [6.45, 7) is 4.91. The lowest BCUT2D eigenvalue weighted by molar-refractivity contribution is -0.143. The number of benzene rings is 2. The first kappa shape index (κ1) is 34.7. The SMILES string of the molecule is CCC(c1ccc(C(F)(F)F)cc1CN(Cc1cc(C(F)(F)F)cc(C(F)(F)F)c1)c1nnn(C)n1)N(C)Cc1c(C)n[nH]c1C. The molecule has 2 aromatic heterocycles. The molecule has 0 radical (unpaired) electrons. The lowest BCUT2D eigenvalue weighted by Crippen LogP contribution is -2.29. The second-order valence-corrected chi connectivity index (χ2v) is 11.0. The maximum Gasteiger partial charge on any atom is 0.416 e. The largest absolute Gasteiger partial charge is 0.416 e. The van der Waals surface area contributed by atoms with Crippen molar-refractivity contribution in [2.75, 3.05) is 11.9 Å². The van der Waals surface area contributed by atoms with Crippen LogP contribution < -0.4 is 4.90 Å². The molecule has 1 atom stereocenters. The summed E-state index contributed by atoms with van der Waals surface area (Å²) < 4.78 is 123. The van der Waals surface area contributed by atoms with Crippen LogP contribution in [0.2, 0.25) is 0 Å². The topological polar surface area (TPSA) is 78.8 Å². The van der Waals surface area contributed by atoms with Gasteiger partial charge in [0.2, 0.25) is 0 Å². The van der Waals surface area contributed by atoms with Gasteiger partial charge in [-0.1, -0.05) is 18.1 Å². The summed E-state index contributed by atoms with van der Waals surface area (Å²) in [5.74, 6) is -0.206. The number of anilines is 1. The van der Waals surface area contributed by atoms with Gasteiger partial charge in [0.05, 0.1) is 29.4 Å². The molecule has 0 amide bonds. The highest BCUT2D eigenvalue weighted by atomic mass is 19.4. The van der Waals surface area contributed by atoms with Crippen molar-refractivity contribution in [3.8, 4) is 0 Å². The van der Waals surface area contributed by atoms with E-state index in [-0.39, 0.29) is 17.6 Å². The molecule has 0 aliphatic rings. The molecular formula is C29H31F9N8. The average molecular weight is 663 g/mol. The van der Waals surface area contributed by atoms with Gasteiger partial charge in [0, 0.05) is 36.9 Å². The highest BCUT2D eigenvalue weighted by Gasteiger charge is 2.37. The molecule has 0 aliphatic heterocycles. The zero-order valence-electron chi connectivity index (χ0n) is 25.4. The molecule has 2 heterocycles. The van der Waals surface area contributed by atoms with E-state index in [4.69, 9.17) is 0 Å². The Balaban J connectivity index is 1.81. The minimum Gasteiger partial charge on any atom is -0.330 e. The van der Waals surface area contributed by atoms with Crippen molar-refractivity contribution in [1.29, 1.82) is 0 Å². The van der Waals surface area contributed by atoms with Crippen molar-refractivity contribution in [1.82, 2.24) is 35.3 Å². The Labute approximate surface area is 258 Å². The van der Waals surface area contributed by atoms with E-state index in [1.54, 1.807) is 7.05 Å². The zero-order valence-corrected chi connectivity index (χ0v) is 25.4. The molecule has 8 nitrogen and oxygen atoms in total. The number of rotatable bonds is 10. The maximum atomic E-state index is 13.9. The molecule has 250 valence electrons. The van der Waals surface area contributed by atoms with Crippen molar-refractivity contribution in [2.45, 2.75) is 71.4 Å². The average Bonchev–Trinajstić information content (AvgIpc) is 3.52. The van der Waals surface area contributed by atoms with Crippen molar-refractivity contribution in [3.05, 3.63) is 86.7 Å². The number of nitrogens with zero attached hydrogens (tertiary/aromatic N) is 7. The van der Waals surface area contributed by atoms with Crippen molar-refractivity contribution >= 4 is 5.95 Å². The van der Waals surface area contributed by atoms with Crippen LogP contribution in [0.1, 0.15) is 69.7 Å². The van der Waals surface area contributed by atoms with E-state index in [0.717, 1.165) is 33.9 Å². The predicted octanol–water partition coefficient (Wildman–Crippen LogP) is 7.40. The van der Waals surface area contributed by atoms with Crippen LogP contribution in [0.15, 0.2) is 36.4 Å². The Kier molecular flexibility index (Phi) is 9.75. The third-order valence-electron chi connectivity index (χ3n) is 7.60. The molecule has 46 heavy (non-hydrogen) atoms. The Hall–Kier alpha value is -4.15. The first-order chi connectivity index (χ1) is 21.3. The zero-order chi connectivity index (χ0) is 34.2. The van der Waals surface area contributed by atoms with Crippen molar-refractivity contribution < 1.29 is 39.5 Å². The van der Waals surface area contributed by atoms with E-state index in [9.17, 15) is 39.5 Å². The molecule has 17 heteroatoms. The number of aryl methyl sites for hydroxylation is 3. The first-order valence-electron chi connectivity index (χ1n) is 14.0. The molecule has 4 aromatic rings. The number of tetrazole rings is 1. The summed E-state index contributed by atoms with van der Waals surface area (Å²) in [5.41, 5.74) is -1.34. The molecule has 0 fully saturated rings. The minimum atomic E-state index is -5.09. The van der Waals surface area contributed by atoms with Gasteiger partial charge in [-0.3, -0.25) is 10.00 Å². The third kappa shape index (κ3) is 7.97. The molecule has 0 saturated heterocycles. The molecule has 1 unspecified atom stereocenters. The van der Waals surface area contributed by atoms with Crippen molar-refractivity contribution in [2.24, 2.45) is 7.05 Å². The van der Waals surface area contributed by atoms with E-state index in [2.05, 4.69) is 25.6 Å². The van der Waals surface area contributed by atoms with Crippen LogP contribution in [0.3, 0.4) is 0 Å². The van der Waals surface area contributed by atoms with Crippen LogP contribution in [0.25, 0.3) is 0 Å². The van der Waals surface area contributed by atoms with Crippen LogP contribution in [0.4, 0.5) is 45.5 Å². The quantitative estimate of drug-likeness (QED) is 0.179. The van der Waals surface area contributed by atoms with Crippen LogP contribution >= 0.6 is 0 Å². The van der Waals surface area contributed by atoms with E-state index >= 15 is 0 Å². The fourth-order valence-electron chi connectivity index (χ4n) is 5.31. The number of nitrogens with one attached hydrogen (secondary N) is 1. The number of alkyl halides is 9. The predicted molar refractivity (Wildman–Crippen MR) is 149 cm³/mol. The van der Waals surface area contributed by atoms with Crippen LogP contribution in [-0.4, -0.2) is 42.4 Å².